The Kier molecular flexibility index (Phi) is 4.98. The van der Waals surface area contributed by atoms with Gasteiger partial charge in [-0.2, -0.15) is 0 Å². The van der Waals surface area contributed by atoms with Gasteiger partial charge in [0.05, 0.1) is 17.5 Å². The topological polar surface area (TPSA) is 77.4 Å². The number of sulfonamides is 1. The summed E-state index contributed by atoms with van der Waals surface area (Å²) in [4.78, 5) is 13.0. The van der Waals surface area contributed by atoms with Gasteiger partial charge in [0.25, 0.3) is 0 Å². The largest absolute Gasteiger partial charge is 0.443 e. The molecule has 1 unspecified atom stereocenters. The molecule has 158 valence electrons. The molecule has 0 radical (unpaired) electrons. The molecule has 7 heteroatoms. The average Bonchev–Trinajstić information content (AvgIpc) is 3.18. The van der Waals surface area contributed by atoms with Crippen LogP contribution >= 0.6 is 0 Å². The van der Waals surface area contributed by atoms with E-state index in [1.54, 1.807) is 4.57 Å². The minimum Gasteiger partial charge on any atom is -0.443 e. The number of fused-ring (bicyclic) bond motifs is 2. The van der Waals surface area contributed by atoms with Gasteiger partial charge < -0.3 is 4.74 Å². The third-order valence-electron chi connectivity index (χ3n) is 5.10. The standard InChI is InChI=1S/C23H26N2O4S/c1-23(2,3)29-22(26)25-20-8-6-5-7-16(20)14-21(25)17-10-9-15-12-19(13-18(15)11-17)24-30(4,27)28/h5-11,14,19,24H,12-13H2,1-4H3. The number of para-hydroxylation sites is 1. The summed E-state index contributed by atoms with van der Waals surface area (Å²) in [6.45, 7) is 5.54. The van der Waals surface area contributed by atoms with Crippen molar-refractivity contribution in [3.05, 3.63) is 59.7 Å². The fourth-order valence-electron chi connectivity index (χ4n) is 4.04. The molecule has 1 N–H and O–H groups in total. The van der Waals surface area contributed by atoms with Crippen LogP contribution in [0, 0.1) is 0 Å². The minimum atomic E-state index is -3.26. The van der Waals surface area contributed by atoms with E-state index in [-0.39, 0.29) is 6.04 Å². The second-order valence-corrected chi connectivity index (χ2v) is 10.7. The van der Waals surface area contributed by atoms with Gasteiger partial charge in [0.15, 0.2) is 0 Å². The lowest BCUT2D eigenvalue weighted by Crippen LogP contribution is -2.34. The van der Waals surface area contributed by atoms with Crippen LogP contribution in [-0.2, 0) is 27.6 Å². The fourth-order valence-corrected chi connectivity index (χ4v) is 4.81. The molecule has 1 atom stereocenters. The van der Waals surface area contributed by atoms with Crippen LogP contribution in [-0.4, -0.2) is 37.0 Å². The third kappa shape index (κ3) is 4.27. The van der Waals surface area contributed by atoms with Crippen LogP contribution in [0.25, 0.3) is 22.2 Å². The van der Waals surface area contributed by atoms with Gasteiger partial charge in [0.1, 0.15) is 5.60 Å². The Balaban J connectivity index is 1.76. The second kappa shape index (κ2) is 7.25. The van der Waals surface area contributed by atoms with Crippen molar-refractivity contribution >= 4 is 27.0 Å². The molecule has 2 aromatic carbocycles. The summed E-state index contributed by atoms with van der Waals surface area (Å²) >= 11 is 0. The average molecular weight is 427 g/mol. The molecule has 1 heterocycles. The molecular formula is C23H26N2O4S. The van der Waals surface area contributed by atoms with Crippen molar-refractivity contribution in [2.45, 2.75) is 45.3 Å². The molecule has 3 aromatic rings. The Morgan fingerprint density at radius 1 is 1.07 bits per heavy atom. The maximum absolute atomic E-state index is 13.0. The van der Waals surface area contributed by atoms with E-state index in [4.69, 9.17) is 4.74 Å². The molecule has 6 nitrogen and oxygen atoms in total. The highest BCUT2D eigenvalue weighted by atomic mass is 32.2. The number of ether oxygens (including phenoxy) is 1. The summed E-state index contributed by atoms with van der Waals surface area (Å²) in [5.41, 5.74) is 4.05. The van der Waals surface area contributed by atoms with Crippen LogP contribution < -0.4 is 4.72 Å². The molecule has 1 aromatic heterocycles. The van der Waals surface area contributed by atoms with Gasteiger partial charge in [-0.05, 0) is 68.5 Å². The van der Waals surface area contributed by atoms with E-state index >= 15 is 0 Å². The van der Waals surface area contributed by atoms with Crippen LogP contribution in [0.5, 0.6) is 0 Å². The van der Waals surface area contributed by atoms with Gasteiger partial charge in [-0.3, -0.25) is 0 Å². The number of aromatic nitrogens is 1. The highest BCUT2D eigenvalue weighted by Gasteiger charge is 2.26. The quantitative estimate of drug-likeness (QED) is 0.684. The van der Waals surface area contributed by atoms with Crippen molar-refractivity contribution in [2.24, 2.45) is 0 Å². The van der Waals surface area contributed by atoms with Crippen molar-refractivity contribution < 1.29 is 17.9 Å². The van der Waals surface area contributed by atoms with Crippen molar-refractivity contribution in [1.29, 1.82) is 0 Å². The molecule has 0 saturated heterocycles. The van der Waals surface area contributed by atoms with E-state index in [0.717, 1.165) is 33.3 Å². The van der Waals surface area contributed by atoms with Crippen LogP contribution in [0.1, 0.15) is 31.9 Å². The number of nitrogens with zero attached hydrogens (tertiary/aromatic N) is 1. The van der Waals surface area contributed by atoms with E-state index < -0.39 is 21.7 Å². The first-order chi connectivity index (χ1) is 14.0. The SMILES string of the molecule is CC(C)(C)OC(=O)n1c(-c2ccc3c(c2)CC(NS(C)(=O)=O)C3)cc2ccccc21. The number of carbonyl (C=O) groups is 1. The second-order valence-electron chi connectivity index (χ2n) is 8.88. The first-order valence-corrected chi connectivity index (χ1v) is 11.8. The zero-order chi connectivity index (χ0) is 21.7. The lowest BCUT2D eigenvalue weighted by atomic mass is 10.0. The van der Waals surface area contributed by atoms with Crippen LogP contribution in [0.2, 0.25) is 0 Å². The van der Waals surface area contributed by atoms with E-state index in [9.17, 15) is 13.2 Å². The summed E-state index contributed by atoms with van der Waals surface area (Å²) in [5, 5.41) is 0.954. The Hall–Kier alpha value is -2.64. The fraction of sp³-hybridized carbons (Fsp3) is 0.348. The Morgan fingerprint density at radius 3 is 2.47 bits per heavy atom. The lowest BCUT2D eigenvalue weighted by molar-refractivity contribution is 0.0547. The van der Waals surface area contributed by atoms with Gasteiger partial charge in [-0.1, -0.05) is 30.3 Å². The zero-order valence-corrected chi connectivity index (χ0v) is 18.4. The molecular weight excluding hydrogens is 400 g/mol. The predicted molar refractivity (Wildman–Crippen MR) is 118 cm³/mol. The van der Waals surface area contributed by atoms with Gasteiger partial charge in [0, 0.05) is 11.4 Å². The molecule has 0 amide bonds. The van der Waals surface area contributed by atoms with Crippen molar-refractivity contribution in [2.75, 3.05) is 6.26 Å². The number of nitrogens with one attached hydrogen (secondary N) is 1. The van der Waals surface area contributed by atoms with E-state index in [1.165, 1.54) is 6.26 Å². The van der Waals surface area contributed by atoms with Gasteiger partial charge >= 0.3 is 6.09 Å². The Labute approximate surface area is 176 Å². The summed E-state index contributed by atoms with van der Waals surface area (Å²) in [5.74, 6) is 0. The van der Waals surface area contributed by atoms with Gasteiger partial charge in [0.2, 0.25) is 10.0 Å². The molecule has 0 bridgehead atoms. The number of hydrogen-bond acceptors (Lipinski definition) is 4. The number of rotatable bonds is 3. The highest BCUT2D eigenvalue weighted by Crippen LogP contribution is 2.33. The van der Waals surface area contributed by atoms with Crippen LogP contribution in [0.3, 0.4) is 0 Å². The Bertz CT molecular complexity index is 1240. The molecule has 0 spiro atoms. The summed E-state index contributed by atoms with van der Waals surface area (Å²) in [6, 6.07) is 15.6. The minimum absolute atomic E-state index is 0.137. The summed E-state index contributed by atoms with van der Waals surface area (Å²) in [6.07, 6.45) is 2.05. The molecule has 1 aliphatic carbocycles. The molecule has 0 saturated carbocycles. The number of hydrogen-bond donors (Lipinski definition) is 1. The first-order valence-electron chi connectivity index (χ1n) is 9.93. The maximum Gasteiger partial charge on any atom is 0.419 e. The number of benzene rings is 2. The zero-order valence-electron chi connectivity index (χ0n) is 17.6. The first kappa shape index (κ1) is 20.6. The van der Waals surface area contributed by atoms with Crippen LogP contribution in [0.4, 0.5) is 4.79 Å². The maximum atomic E-state index is 13.0. The van der Waals surface area contributed by atoms with Crippen LogP contribution in [0.15, 0.2) is 48.5 Å². The summed E-state index contributed by atoms with van der Waals surface area (Å²) in [7, 11) is -3.26. The monoisotopic (exact) mass is 426 g/mol. The lowest BCUT2D eigenvalue weighted by Gasteiger charge is -2.21. The number of carbonyl (C=O) groups excluding carboxylic acids is 1. The molecule has 30 heavy (non-hydrogen) atoms. The molecule has 0 aliphatic heterocycles. The van der Waals surface area contributed by atoms with Gasteiger partial charge in [-0.25, -0.2) is 22.5 Å². The third-order valence-corrected chi connectivity index (χ3v) is 5.86. The molecule has 0 fully saturated rings. The predicted octanol–water partition coefficient (Wildman–Crippen LogP) is 4.11. The van der Waals surface area contributed by atoms with Crippen molar-refractivity contribution in [3.8, 4) is 11.3 Å². The van der Waals surface area contributed by atoms with E-state index in [1.807, 2.05) is 69.3 Å². The summed E-state index contributed by atoms with van der Waals surface area (Å²) < 4.78 is 33.2. The van der Waals surface area contributed by atoms with Gasteiger partial charge in [-0.15, -0.1) is 0 Å². The van der Waals surface area contributed by atoms with E-state index in [2.05, 4.69) is 4.72 Å². The smallest absolute Gasteiger partial charge is 0.419 e. The van der Waals surface area contributed by atoms with Crippen molar-refractivity contribution in [3.63, 3.8) is 0 Å². The highest BCUT2D eigenvalue weighted by molar-refractivity contribution is 7.88. The van der Waals surface area contributed by atoms with E-state index in [0.29, 0.717) is 12.8 Å². The Morgan fingerprint density at radius 2 is 1.77 bits per heavy atom. The molecule has 4 rings (SSSR count). The van der Waals surface area contributed by atoms with Crippen molar-refractivity contribution in [1.82, 2.24) is 9.29 Å². The molecule has 1 aliphatic rings. The normalized spacial score (nSPS) is 16.6.